The SMILES string of the molecule is Cc1ccc(-c2cc(C(=O)O)no2)c2c1OCO2. The summed E-state index contributed by atoms with van der Waals surface area (Å²) in [6.07, 6.45) is 0. The number of carboxylic acid groups (broad SMARTS) is 1. The Labute approximate surface area is 102 Å². The predicted molar refractivity (Wildman–Crippen MR) is 59.8 cm³/mol. The van der Waals surface area contributed by atoms with Crippen molar-refractivity contribution >= 4 is 5.97 Å². The number of carbonyl (C=O) groups is 1. The van der Waals surface area contributed by atoms with Crippen LogP contribution in [0.15, 0.2) is 22.7 Å². The smallest absolute Gasteiger partial charge is 0.358 e. The summed E-state index contributed by atoms with van der Waals surface area (Å²) in [6.45, 7) is 2.05. The molecule has 6 heteroatoms. The van der Waals surface area contributed by atoms with Gasteiger partial charge in [0.2, 0.25) is 6.79 Å². The average molecular weight is 247 g/mol. The van der Waals surface area contributed by atoms with Crippen molar-refractivity contribution < 1.29 is 23.9 Å². The van der Waals surface area contributed by atoms with Gasteiger partial charge in [-0.25, -0.2) is 4.79 Å². The van der Waals surface area contributed by atoms with E-state index >= 15 is 0 Å². The Morgan fingerprint density at radius 1 is 1.33 bits per heavy atom. The number of carboxylic acids is 1. The second-order valence-corrected chi connectivity index (χ2v) is 3.88. The van der Waals surface area contributed by atoms with Crippen molar-refractivity contribution in [1.29, 1.82) is 0 Å². The van der Waals surface area contributed by atoms with Crippen LogP contribution in [0.2, 0.25) is 0 Å². The first kappa shape index (κ1) is 10.6. The Hall–Kier alpha value is -2.50. The maximum atomic E-state index is 10.8. The molecule has 6 nitrogen and oxygen atoms in total. The summed E-state index contributed by atoms with van der Waals surface area (Å²) in [6, 6.07) is 5.00. The third-order valence-corrected chi connectivity index (χ3v) is 2.71. The summed E-state index contributed by atoms with van der Waals surface area (Å²) in [5.41, 5.74) is 1.44. The van der Waals surface area contributed by atoms with Crippen LogP contribution < -0.4 is 9.47 Å². The molecule has 0 saturated carbocycles. The van der Waals surface area contributed by atoms with Crippen LogP contribution in [0.4, 0.5) is 0 Å². The highest BCUT2D eigenvalue weighted by Gasteiger charge is 2.24. The van der Waals surface area contributed by atoms with Crippen molar-refractivity contribution in [1.82, 2.24) is 5.16 Å². The number of aromatic nitrogens is 1. The molecule has 1 aromatic carbocycles. The molecule has 3 rings (SSSR count). The summed E-state index contributed by atoms with van der Waals surface area (Å²) in [4.78, 5) is 10.8. The van der Waals surface area contributed by atoms with E-state index in [1.165, 1.54) is 6.07 Å². The maximum absolute atomic E-state index is 10.8. The molecule has 18 heavy (non-hydrogen) atoms. The zero-order chi connectivity index (χ0) is 12.7. The normalized spacial score (nSPS) is 12.7. The van der Waals surface area contributed by atoms with Gasteiger partial charge >= 0.3 is 5.97 Å². The summed E-state index contributed by atoms with van der Waals surface area (Å²) < 4.78 is 15.7. The number of ether oxygens (including phenoxy) is 2. The predicted octanol–water partition coefficient (Wildman–Crippen LogP) is 2.08. The van der Waals surface area contributed by atoms with Gasteiger partial charge in [0, 0.05) is 6.07 Å². The van der Waals surface area contributed by atoms with Crippen molar-refractivity contribution in [3.05, 3.63) is 29.5 Å². The third-order valence-electron chi connectivity index (χ3n) is 2.71. The van der Waals surface area contributed by atoms with E-state index in [9.17, 15) is 4.79 Å². The number of benzene rings is 1. The molecule has 2 heterocycles. The summed E-state index contributed by atoms with van der Waals surface area (Å²) in [7, 11) is 0. The molecule has 0 amide bonds. The zero-order valence-electron chi connectivity index (χ0n) is 9.47. The lowest BCUT2D eigenvalue weighted by Crippen LogP contribution is -1.94. The van der Waals surface area contributed by atoms with Gasteiger partial charge in [-0.1, -0.05) is 11.2 Å². The largest absolute Gasteiger partial charge is 0.476 e. The molecule has 0 aliphatic carbocycles. The molecular weight excluding hydrogens is 238 g/mol. The minimum Gasteiger partial charge on any atom is -0.476 e. The number of aromatic carboxylic acids is 1. The van der Waals surface area contributed by atoms with Crippen molar-refractivity contribution in [2.45, 2.75) is 6.92 Å². The topological polar surface area (TPSA) is 81.8 Å². The second kappa shape index (κ2) is 3.76. The lowest BCUT2D eigenvalue weighted by molar-refractivity contribution is 0.0686. The molecule has 0 spiro atoms. The van der Waals surface area contributed by atoms with E-state index in [0.717, 1.165) is 5.56 Å². The van der Waals surface area contributed by atoms with Gasteiger partial charge in [0.25, 0.3) is 0 Å². The van der Waals surface area contributed by atoms with Crippen LogP contribution in [0, 0.1) is 6.92 Å². The van der Waals surface area contributed by atoms with Crippen molar-refractivity contribution in [3.8, 4) is 22.8 Å². The Morgan fingerprint density at radius 2 is 2.11 bits per heavy atom. The molecule has 0 saturated heterocycles. The molecule has 0 fully saturated rings. The van der Waals surface area contributed by atoms with E-state index in [4.69, 9.17) is 19.1 Å². The van der Waals surface area contributed by atoms with Crippen LogP contribution in [0.5, 0.6) is 11.5 Å². The molecule has 1 N–H and O–H groups in total. The number of hydrogen-bond acceptors (Lipinski definition) is 5. The fourth-order valence-corrected chi connectivity index (χ4v) is 1.83. The molecule has 92 valence electrons. The number of fused-ring (bicyclic) bond motifs is 1. The summed E-state index contributed by atoms with van der Waals surface area (Å²) >= 11 is 0. The quantitative estimate of drug-likeness (QED) is 0.874. The fraction of sp³-hybridized carbons (Fsp3) is 0.167. The van der Waals surface area contributed by atoms with Crippen LogP contribution in [-0.2, 0) is 0 Å². The average Bonchev–Trinajstić information content (AvgIpc) is 2.98. The summed E-state index contributed by atoms with van der Waals surface area (Å²) in [5, 5.41) is 12.3. The van der Waals surface area contributed by atoms with Gasteiger partial charge < -0.3 is 19.1 Å². The Bertz CT molecular complexity index is 631. The minimum absolute atomic E-state index is 0.141. The molecule has 1 aromatic heterocycles. The Kier molecular flexibility index (Phi) is 2.22. The first-order valence-corrected chi connectivity index (χ1v) is 5.26. The van der Waals surface area contributed by atoms with Gasteiger partial charge in [-0.15, -0.1) is 0 Å². The van der Waals surface area contributed by atoms with Gasteiger partial charge in [-0.05, 0) is 18.6 Å². The van der Waals surface area contributed by atoms with Crippen LogP contribution in [0.3, 0.4) is 0 Å². The second-order valence-electron chi connectivity index (χ2n) is 3.88. The molecule has 1 aliphatic rings. The third kappa shape index (κ3) is 1.50. The molecule has 2 aromatic rings. The Morgan fingerprint density at radius 3 is 2.83 bits per heavy atom. The monoisotopic (exact) mass is 247 g/mol. The number of rotatable bonds is 2. The van der Waals surface area contributed by atoms with Crippen LogP contribution in [-0.4, -0.2) is 23.0 Å². The highest BCUT2D eigenvalue weighted by Crippen LogP contribution is 2.43. The van der Waals surface area contributed by atoms with Gasteiger partial charge in [0.05, 0.1) is 5.56 Å². The van der Waals surface area contributed by atoms with Crippen LogP contribution in [0.25, 0.3) is 11.3 Å². The lowest BCUT2D eigenvalue weighted by atomic mass is 10.1. The van der Waals surface area contributed by atoms with E-state index < -0.39 is 5.97 Å². The van der Waals surface area contributed by atoms with Gasteiger partial charge in [0.1, 0.15) is 0 Å². The fourth-order valence-electron chi connectivity index (χ4n) is 1.83. The zero-order valence-corrected chi connectivity index (χ0v) is 9.47. The first-order chi connectivity index (χ1) is 8.66. The molecule has 0 bridgehead atoms. The van der Waals surface area contributed by atoms with Gasteiger partial charge in [0.15, 0.2) is 23.0 Å². The van der Waals surface area contributed by atoms with Crippen LogP contribution >= 0.6 is 0 Å². The molecule has 1 aliphatic heterocycles. The lowest BCUT2D eigenvalue weighted by Gasteiger charge is -2.04. The number of hydrogen-bond donors (Lipinski definition) is 1. The van der Waals surface area contributed by atoms with E-state index in [1.54, 1.807) is 6.07 Å². The van der Waals surface area contributed by atoms with E-state index in [2.05, 4.69) is 5.16 Å². The molecule has 0 unspecified atom stereocenters. The van der Waals surface area contributed by atoms with Gasteiger partial charge in [-0.3, -0.25) is 0 Å². The Balaban J connectivity index is 2.12. The molecule has 0 radical (unpaired) electrons. The van der Waals surface area contributed by atoms with Crippen molar-refractivity contribution in [2.24, 2.45) is 0 Å². The van der Waals surface area contributed by atoms with E-state index in [-0.39, 0.29) is 12.5 Å². The molecular formula is C12H9NO5. The van der Waals surface area contributed by atoms with Crippen molar-refractivity contribution in [3.63, 3.8) is 0 Å². The van der Waals surface area contributed by atoms with Crippen LogP contribution in [0.1, 0.15) is 16.1 Å². The first-order valence-electron chi connectivity index (χ1n) is 5.26. The molecule has 0 atom stereocenters. The standard InChI is InChI=1S/C12H9NO5/c1-6-2-3-7(11-10(6)16-5-17-11)9-4-8(12(14)15)13-18-9/h2-4H,5H2,1H3,(H,14,15). The van der Waals surface area contributed by atoms with E-state index in [0.29, 0.717) is 22.8 Å². The highest BCUT2D eigenvalue weighted by molar-refractivity contribution is 5.87. The number of nitrogens with zero attached hydrogens (tertiary/aromatic N) is 1. The van der Waals surface area contributed by atoms with E-state index in [1.807, 2.05) is 13.0 Å². The minimum atomic E-state index is -1.13. The maximum Gasteiger partial charge on any atom is 0.358 e. The van der Waals surface area contributed by atoms with Gasteiger partial charge in [-0.2, -0.15) is 0 Å². The number of aryl methyl sites for hydroxylation is 1. The summed E-state index contributed by atoms with van der Waals surface area (Å²) in [5.74, 6) is 0.420. The van der Waals surface area contributed by atoms with Crippen molar-refractivity contribution in [2.75, 3.05) is 6.79 Å². The highest BCUT2D eigenvalue weighted by atomic mass is 16.7.